The van der Waals surface area contributed by atoms with Gasteiger partial charge in [-0.1, -0.05) is 18.2 Å². The van der Waals surface area contributed by atoms with E-state index in [1.165, 1.54) is 6.92 Å². The summed E-state index contributed by atoms with van der Waals surface area (Å²) >= 11 is 0. The number of unbranched alkanes of at least 4 members (excludes halogenated alkanes) is 1. The number of carbonyl (C=O) groups excluding carboxylic acids is 2. The Kier molecular flexibility index (Phi) is 8.22. The van der Waals surface area contributed by atoms with Gasteiger partial charge in [-0.2, -0.15) is 0 Å². The monoisotopic (exact) mass is 430 g/mol. The van der Waals surface area contributed by atoms with E-state index in [0.717, 1.165) is 16.5 Å². The molecule has 1 aliphatic rings. The first-order valence-corrected chi connectivity index (χ1v) is 10.5. The van der Waals surface area contributed by atoms with E-state index < -0.39 is 6.29 Å². The van der Waals surface area contributed by atoms with Gasteiger partial charge in [0.1, 0.15) is 0 Å². The van der Waals surface area contributed by atoms with Gasteiger partial charge < -0.3 is 24.6 Å². The van der Waals surface area contributed by atoms with Crippen molar-refractivity contribution in [3.63, 3.8) is 0 Å². The summed E-state index contributed by atoms with van der Waals surface area (Å²) in [6, 6.07) is 7.71. The lowest BCUT2D eigenvalue weighted by Crippen LogP contribution is -2.34. The molecule has 2 N–H and O–H groups in total. The summed E-state index contributed by atoms with van der Waals surface area (Å²) < 4.78 is 18.3. The predicted octanol–water partition coefficient (Wildman–Crippen LogP) is 2.57. The number of nitrogens with one attached hydrogen (secondary N) is 1. The average Bonchev–Trinajstić information content (AvgIpc) is 3.17. The molecule has 168 valence electrons. The number of fused-ring (bicyclic) bond motifs is 1. The Hall–Kier alpha value is -2.68. The van der Waals surface area contributed by atoms with E-state index in [4.69, 9.17) is 19.3 Å². The van der Waals surface area contributed by atoms with E-state index in [0.29, 0.717) is 39.0 Å². The molecule has 1 amide bonds. The van der Waals surface area contributed by atoms with Crippen LogP contribution < -0.4 is 5.32 Å². The van der Waals surface area contributed by atoms with Crippen LogP contribution in [0.3, 0.4) is 0 Å². The molecule has 1 aromatic heterocycles. The third-order valence-electron chi connectivity index (χ3n) is 5.21. The van der Waals surface area contributed by atoms with Gasteiger partial charge in [0.25, 0.3) is 5.91 Å². The molecule has 2 atom stereocenters. The van der Waals surface area contributed by atoms with E-state index in [9.17, 15) is 9.59 Å². The third kappa shape index (κ3) is 5.72. The van der Waals surface area contributed by atoms with Crippen molar-refractivity contribution in [1.29, 1.82) is 0 Å². The molecule has 0 radical (unpaired) electrons. The van der Waals surface area contributed by atoms with Crippen molar-refractivity contribution in [1.82, 2.24) is 9.88 Å². The second-order valence-corrected chi connectivity index (χ2v) is 7.46. The highest BCUT2D eigenvalue weighted by atomic mass is 16.7. The molecule has 2 heterocycles. The fraction of sp³-hybridized carbons (Fsp3) is 0.478. The molecule has 0 aliphatic carbocycles. The van der Waals surface area contributed by atoms with Gasteiger partial charge in [0.15, 0.2) is 5.76 Å². The summed E-state index contributed by atoms with van der Waals surface area (Å²) in [4.78, 5) is 24.8. The number of aliphatic hydroxyl groups excluding tert-OH is 1. The maximum Gasteiger partial charge on any atom is 0.286 e. The lowest BCUT2D eigenvalue weighted by molar-refractivity contribution is -0.146. The van der Waals surface area contributed by atoms with Crippen molar-refractivity contribution in [2.24, 2.45) is 0 Å². The molecule has 0 fully saturated rings. The zero-order chi connectivity index (χ0) is 22.2. The highest BCUT2D eigenvalue weighted by molar-refractivity contribution is 5.95. The Morgan fingerprint density at radius 3 is 2.81 bits per heavy atom. The van der Waals surface area contributed by atoms with Crippen LogP contribution in [-0.2, 0) is 19.0 Å². The van der Waals surface area contributed by atoms with Gasteiger partial charge in [-0.05, 0) is 30.5 Å². The van der Waals surface area contributed by atoms with Gasteiger partial charge in [-0.15, -0.1) is 0 Å². The van der Waals surface area contributed by atoms with Crippen LogP contribution >= 0.6 is 0 Å². The maximum atomic E-state index is 12.6. The number of rotatable bonds is 10. The SMILES string of the molecule is COCCNC(=O)C1=C[C@H](c2cn(C(C)=O)c3ccccc23)C[C@H](OCCCCO)O1. The minimum absolute atomic E-state index is 0.0761. The van der Waals surface area contributed by atoms with Crippen molar-refractivity contribution >= 4 is 22.7 Å². The Labute approximate surface area is 181 Å². The van der Waals surface area contributed by atoms with E-state index >= 15 is 0 Å². The molecule has 1 aromatic carbocycles. The third-order valence-corrected chi connectivity index (χ3v) is 5.21. The number of aromatic nitrogens is 1. The maximum absolute atomic E-state index is 12.6. The molecule has 0 spiro atoms. The minimum atomic E-state index is -0.601. The van der Waals surface area contributed by atoms with Gasteiger partial charge >= 0.3 is 0 Å². The van der Waals surface area contributed by atoms with Gasteiger partial charge in [0, 0.05) is 51.1 Å². The number of nitrogens with zero attached hydrogens (tertiary/aromatic N) is 1. The van der Waals surface area contributed by atoms with E-state index in [1.807, 2.05) is 30.5 Å². The summed E-state index contributed by atoms with van der Waals surface area (Å²) in [5.41, 5.74) is 1.77. The summed E-state index contributed by atoms with van der Waals surface area (Å²) in [7, 11) is 1.57. The Morgan fingerprint density at radius 1 is 1.26 bits per heavy atom. The van der Waals surface area contributed by atoms with Crippen LogP contribution in [0.15, 0.2) is 42.3 Å². The largest absolute Gasteiger partial charge is 0.459 e. The van der Waals surface area contributed by atoms with Gasteiger partial charge in [-0.3, -0.25) is 14.2 Å². The van der Waals surface area contributed by atoms with Crippen molar-refractivity contribution < 1.29 is 28.9 Å². The summed E-state index contributed by atoms with van der Waals surface area (Å²) in [5.74, 6) is -0.377. The number of allylic oxidation sites excluding steroid dienone is 1. The fourth-order valence-electron chi connectivity index (χ4n) is 3.68. The molecular formula is C23H30N2O6. The Bertz CT molecular complexity index is 935. The number of amides is 1. The Balaban J connectivity index is 1.89. The van der Waals surface area contributed by atoms with E-state index in [2.05, 4.69) is 5.32 Å². The van der Waals surface area contributed by atoms with Crippen molar-refractivity contribution in [3.05, 3.63) is 47.9 Å². The van der Waals surface area contributed by atoms with E-state index in [-0.39, 0.29) is 30.1 Å². The second-order valence-electron chi connectivity index (χ2n) is 7.46. The number of hydrogen-bond donors (Lipinski definition) is 2. The normalized spacial score (nSPS) is 18.5. The summed E-state index contributed by atoms with van der Waals surface area (Å²) in [5, 5.41) is 12.7. The standard InChI is InChI=1S/C23H30N2O6/c1-16(27)25-15-19(18-7-3-4-8-20(18)25)17-13-21(23(28)24-9-12-29-2)31-22(14-17)30-11-6-5-10-26/h3-4,7-8,13,15,17,22,26H,5-6,9-12,14H2,1-2H3,(H,24,28)/t17-,22+/m0/s1. The molecule has 3 rings (SSSR count). The molecule has 8 heteroatoms. The van der Waals surface area contributed by atoms with Crippen molar-refractivity contribution in [2.45, 2.75) is 38.4 Å². The van der Waals surface area contributed by atoms with Crippen LogP contribution in [0.25, 0.3) is 10.9 Å². The number of hydrogen-bond acceptors (Lipinski definition) is 6. The molecule has 0 saturated heterocycles. The smallest absolute Gasteiger partial charge is 0.286 e. The highest BCUT2D eigenvalue weighted by Gasteiger charge is 2.30. The van der Waals surface area contributed by atoms with Crippen LogP contribution in [0.2, 0.25) is 0 Å². The summed E-state index contributed by atoms with van der Waals surface area (Å²) in [6.07, 6.45) is 4.88. The minimum Gasteiger partial charge on any atom is -0.459 e. The fourth-order valence-corrected chi connectivity index (χ4v) is 3.68. The van der Waals surface area contributed by atoms with E-state index in [1.54, 1.807) is 17.8 Å². The topological polar surface area (TPSA) is 99.0 Å². The second kappa shape index (κ2) is 11.1. The van der Waals surface area contributed by atoms with Crippen molar-refractivity contribution in [2.75, 3.05) is 33.5 Å². The first-order chi connectivity index (χ1) is 15.0. The first-order valence-electron chi connectivity index (χ1n) is 10.5. The number of methoxy groups -OCH3 is 1. The van der Waals surface area contributed by atoms with Crippen LogP contribution in [-0.4, -0.2) is 61.3 Å². The van der Waals surface area contributed by atoms with Crippen LogP contribution in [0, 0.1) is 0 Å². The zero-order valence-electron chi connectivity index (χ0n) is 18.0. The predicted molar refractivity (Wildman–Crippen MR) is 116 cm³/mol. The molecule has 0 saturated carbocycles. The Morgan fingerprint density at radius 2 is 2.06 bits per heavy atom. The van der Waals surface area contributed by atoms with Gasteiger partial charge in [-0.25, -0.2) is 0 Å². The van der Waals surface area contributed by atoms with Crippen molar-refractivity contribution in [3.8, 4) is 0 Å². The van der Waals surface area contributed by atoms with Gasteiger partial charge in [0.05, 0.1) is 18.7 Å². The number of aliphatic hydroxyl groups is 1. The highest BCUT2D eigenvalue weighted by Crippen LogP contribution is 2.36. The summed E-state index contributed by atoms with van der Waals surface area (Å²) in [6.45, 7) is 2.82. The lowest BCUT2D eigenvalue weighted by atomic mass is 9.92. The van der Waals surface area contributed by atoms with Crippen LogP contribution in [0.1, 0.15) is 42.5 Å². The number of para-hydroxylation sites is 1. The number of ether oxygens (including phenoxy) is 3. The molecule has 0 unspecified atom stereocenters. The molecule has 0 bridgehead atoms. The quantitative estimate of drug-likeness (QED) is 0.562. The average molecular weight is 431 g/mol. The molecule has 31 heavy (non-hydrogen) atoms. The van der Waals surface area contributed by atoms with Crippen LogP contribution in [0.5, 0.6) is 0 Å². The molecule has 2 aromatic rings. The lowest BCUT2D eigenvalue weighted by Gasteiger charge is -2.29. The number of benzene rings is 1. The number of carbonyl (C=O) groups is 2. The molecule has 8 nitrogen and oxygen atoms in total. The zero-order valence-corrected chi connectivity index (χ0v) is 18.0. The van der Waals surface area contributed by atoms with Crippen LogP contribution in [0.4, 0.5) is 0 Å². The first kappa shape index (κ1) is 23.0. The van der Waals surface area contributed by atoms with Gasteiger partial charge in [0.2, 0.25) is 12.2 Å². The molecule has 1 aliphatic heterocycles. The molecular weight excluding hydrogens is 400 g/mol.